The van der Waals surface area contributed by atoms with Crippen LogP contribution in [0.1, 0.15) is 16.1 Å². The molecule has 7 heteroatoms. The van der Waals surface area contributed by atoms with Crippen LogP contribution < -0.4 is 5.32 Å². The van der Waals surface area contributed by atoms with Crippen molar-refractivity contribution in [1.29, 1.82) is 0 Å². The Labute approximate surface area is 149 Å². The first-order valence-corrected chi connectivity index (χ1v) is 7.09. The van der Waals surface area contributed by atoms with Gasteiger partial charge in [-0.05, 0) is 27.2 Å². The molecule has 2 aromatic rings. The van der Waals surface area contributed by atoms with Crippen LogP contribution in [0.4, 0.5) is 0 Å². The zero-order valence-corrected chi connectivity index (χ0v) is 15.6. The van der Waals surface area contributed by atoms with Crippen LogP contribution in [-0.4, -0.2) is 57.0 Å². The van der Waals surface area contributed by atoms with Gasteiger partial charge in [0.2, 0.25) is 0 Å². The summed E-state index contributed by atoms with van der Waals surface area (Å²) >= 11 is 0. The molecule has 1 amide bonds. The molecule has 0 bridgehead atoms. The van der Waals surface area contributed by atoms with Gasteiger partial charge in [0.15, 0.2) is 5.76 Å². The molecule has 1 aromatic heterocycles. The molecular weight excluding hydrogens is 337 g/mol. The van der Waals surface area contributed by atoms with E-state index in [-0.39, 0.29) is 30.7 Å². The van der Waals surface area contributed by atoms with E-state index in [1.807, 2.05) is 50.3 Å². The van der Waals surface area contributed by atoms with E-state index in [0.717, 1.165) is 23.1 Å². The van der Waals surface area contributed by atoms with Crippen molar-refractivity contribution < 1.29 is 9.21 Å². The Hall–Kier alpha value is -1.27. The van der Waals surface area contributed by atoms with E-state index in [9.17, 15) is 4.79 Å². The molecular formula is C16H25Cl2N3O2. The van der Waals surface area contributed by atoms with Gasteiger partial charge in [-0.1, -0.05) is 18.2 Å². The molecule has 0 spiro atoms. The van der Waals surface area contributed by atoms with Crippen molar-refractivity contribution in [1.82, 2.24) is 15.1 Å². The zero-order valence-electron chi connectivity index (χ0n) is 14.0. The maximum atomic E-state index is 12.6. The molecule has 1 aromatic carbocycles. The van der Waals surface area contributed by atoms with E-state index in [0.29, 0.717) is 18.8 Å². The van der Waals surface area contributed by atoms with Gasteiger partial charge >= 0.3 is 0 Å². The topological polar surface area (TPSA) is 48.7 Å². The molecule has 0 radical (unpaired) electrons. The van der Waals surface area contributed by atoms with E-state index in [4.69, 9.17) is 4.42 Å². The fourth-order valence-corrected chi connectivity index (χ4v) is 2.30. The van der Waals surface area contributed by atoms with Gasteiger partial charge in [0.05, 0.1) is 0 Å². The summed E-state index contributed by atoms with van der Waals surface area (Å²) in [6, 6.07) is 7.79. The summed E-state index contributed by atoms with van der Waals surface area (Å²) in [6.45, 7) is 2.08. The number of nitrogens with one attached hydrogen (secondary N) is 1. The minimum Gasteiger partial charge on any atom is -0.451 e. The number of fused-ring (bicyclic) bond motifs is 1. The summed E-state index contributed by atoms with van der Waals surface area (Å²) in [5.74, 6) is 0.377. The number of furan rings is 1. The number of rotatable bonds is 6. The third-order valence-electron chi connectivity index (χ3n) is 3.41. The van der Waals surface area contributed by atoms with Crippen LogP contribution in [0.25, 0.3) is 11.0 Å². The van der Waals surface area contributed by atoms with Crippen LogP contribution in [0.2, 0.25) is 0 Å². The average molecular weight is 362 g/mol. The smallest absolute Gasteiger partial charge is 0.289 e. The molecule has 23 heavy (non-hydrogen) atoms. The SMILES string of the molecule is CNCCN(C)C(=O)c1oc2ccccc2c1CN(C)C.Cl.Cl. The minimum absolute atomic E-state index is 0. The molecule has 0 unspecified atom stereocenters. The lowest BCUT2D eigenvalue weighted by Gasteiger charge is -2.17. The van der Waals surface area contributed by atoms with Gasteiger partial charge in [0, 0.05) is 37.6 Å². The van der Waals surface area contributed by atoms with Crippen molar-refractivity contribution in [2.45, 2.75) is 6.54 Å². The zero-order chi connectivity index (χ0) is 15.4. The predicted octanol–water partition coefficient (Wildman–Crippen LogP) is 2.63. The molecule has 0 aliphatic rings. The Morgan fingerprint density at radius 2 is 1.83 bits per heavy atom. The summed E-state index contributed by atoms with van der Waals surface area (Å²) in [6.07, 6.45) is 0. The number of hydrogen-bond donors (Lipinski definition) is 1. The number of carbonyl (C=O) groups is 1. The van der Waals surface area contributed by atoms with Crippen molar-refractivity contribution in [2.24, 2.45) is 0 Å². The van der Waals surface area contributed by atoms with Gasteiger partial charge in [0.25, 0.3) is 5.91 Å². The van der Waals surface area contributed by atoms with Crippen molar-refractivity contribution in [3.63, 3.8) is 0 Å². The first kappa shape index (κ1) is 21.7. The first-order valence-electron chi connectivity index (χ1n) is 7.09. The summed E-state index contributed by atoms with van der Waals surface area (Å²) in [4.78, 5) is 16.3. The molecule has 5 nitrogen and oxygen atoms in total. The second kappa shape index (κ2) is 9.78. The van der Waals surface area contributed by atoms with Crippen molar-refractivity contribution >= 4 is 41.7 Å². The van der Waals surface area contributed by atoms with Gasteiger partial charge in [-0.3, -0.25) is 4.79 Å². The number of nitrogens with zero attached hydrogens (tertiary/aromatic N) is 2. The number of likely N-dealkylation sites (N-methyl/N-ethyl adjacent to an activating group) is 2. The third-order valence-corrected chi connectivity index (χ3v) is 3.41. The highest BCUT2D eigenvalue weighted by atomic mass is 35.5. The molecule has 2 rings (SSSR count). The van der Waals surface area contributed by atoms with Crippen molar-refractivity contribution in [3.8, 4) is 0 Å². The van der Waals surface area contributed by atoms with Crippen LogP contribution in [-0.2, 0) is 6.54 Å². The van der Waals surface area contributed by atoms with E-state index >= 15 is 0 Å². The molecule has 0 aliphatic heterocycles. The second-order valence-corrected chi connectivity index (χ2v) is 5.47. The van der Waals surface area contributed by atoms with Crippen LogP contribution >= 0.6 is 24.8 Å². The lowest BCUT2D eigenvalue weighted by Crippen LogP contribution is -2.33. The molecule has 0 fully saturated rings. The monoisotopic (exact) mass is 361 g/mol. The maximum Gasteiger partial charge on any atom is 0.289 e. The van der Waals surface area contributed by atoms with Crippen LogP contribution in [0.5, 0.6) is 0 Å². The van der Waals surface area contributed by atoms with Crippen molar-refractivity contribution in [2.75, 3.05) is 41.3 Å². The second-order valence-electron chi connectivity index (χ2n) is 5.47. The van der Waals surface area contributed by atoms with Crippen LogP contribution in [0, 0.1) is 0 Å². The summed E-state index contributed by atoms with van der Waals surface area (Å²) in [5, 5.41) is 4.06. The fraction of sp³-hybridized carbons (Fsp3) is 0.438. The Morgan fingerprint density at radius 3 is 2.43 bits per heavy atom. The number of amides is 1. The summed E-state index contributed by atoms with van der Waals surface area (Å²) in [5.41, 5.74) is 1.72. The highest BCUT2D eigenvalue weighted by molar-refractivity contribution is 5.99. The van der Waals surface area contributed by atoms with Gasteiger partial charge in [0.1, 0.15) is 5.58 Å². The summed E-state index contributed by atoms with van der Waals surface area (Å²) in [7, 11) is 7.64. The Balaban J connectivity index is 0.00000242. The molecule has 0 atom stereocenters. The molecule has 0 saturated carbocycles. The lowest BCUT2D eigenvalue weighted by atomic mass is 10.1. The van der Waals surface area contributed by atoms with E-state index < -0.39 is 0 Å². The highest BCUT2D eigenvalue weighted by Gasteiger charge is 2.23. The van der Waals surface area contributed by atoms with Gasteiger partial charge < -0.3 is 19.5 Å². The Kier molecular flexibility index (Phi) is 9.24. The van der Waals surface area contributed by atoms with Gasteiger partial charge in [-0.25, -0.2) is 0 Å². The predicted molar refractivity (Wildman–Crippen MR) is 99.0 cm³/mol. The number of halogens is 2. The van der Waals surface area contributed by atoms with E-state index in [1.54, 1.807) is 11.9 Å². The Morgan fingerprint density at radius 1 is 1.17 bits per heavy atom. The molecule has 0 saturated heterocycles. The largest absolute Gasteiger partial charge is 0.451 e. The fourth-order valence-electron chi connectivity index (χ4n) is 2.30. The molecule has 130 valence electrons. The molecule has 1 N–H and O–H groups in total. The van der Waals surface area contributed by atoms with E-state index in [1.165, 1.54) is 0 Å². The normalized spacial score (nSPS) is 10.3. The van der Waals surface area contributed by atoms with E-state index in [2.05, 4.69) is 5.32 Å². The number of para-hydroxylation sites is 1. The van der Waals surface area contributed by atoms with Crippen molar-refractivity contribution in [3.05, 3.63) is 35.6 Å². The summed E-state index contributed by atoms with van der Waals surface area (Å²) < 4.78 is 5.82. The Bertz CT molecular complexity index is 629. The number of benzene rings is 1. The first-order chi connectivity index (χ1) is 10.0. The number of hydrogen-bond acceptors (Lipinski definition) is 4. The minimum atomic E-state index is -0.0710. The highest BCUT2D eigenvalue weighted by Crippen LogP contribution is 2.27. The quantitative estimate of drug-likeness (QED) is 0.858. The average Bonchev–Trinajstić information content (AvgIpc) is 2.82. The van der Waals surface area contributed by atoms with Gasteiger partial charge in [-0.2, -0.15) is 0 Å². The molecule has 0 aliphatic carbocycles. The van der Waals surface area contributed by atoms with Gasteiger partial charge in [-0.15, -0.1) is 24.8 Å². The maximum absolute atomic E-state index is 12.6. The van der Waals surface area contributed by atoms with Crippen LogP contribution in [0.15, 0.2) is 28.7 Å². The number of carbonyl (C=O) groups excluding carboxylic acids is 1. The molecule has 1 heterocycles. The lowest BCUT2D eigenvalue weighted by molar-refractivity contribution is 0.0765. The standard InChI is InChI=1S/C16H23N3O2.2ClH/c1-17-9-10-19(4)16(20)15-13(11-18(2)3)12-7-5-6-8-14(12)21-15;;/h5-8,17H,9-11H2,1-4H3;2*1H. The third kappa shape index (κ3) is 5.11. The van der Waals surface area contributed by atoms with Crippen LogP contribution in [0.3, 0.4) is 0 Å².